The zero-order chi connectivity index (χ0) is 10.2. The van der Waals surface area contributed by atoms with Gasteiger partial charge in [0.25, 0.3) is 0 Å². The molecule has 1 rings (SSSR count). The molecule has 0 saturated carbocycles. The molecule has 0 radical (unpaired) electrons. The normalized spacial score (nSPS) is 10.4. The molecule has 74 valence electrons. The van der Waals surface area contributed by atoms with Crippen LogP contribution in [0.5, 0.6) is 0 Å². The average molecular weight is 186 g/mol. The summed E-state index contributed by atoms with van der Waals surface area (Å²) in [5.74, 6) is 0. The van der Waals surface area contributed by atoms with Crippen molar-refractivity contribution in [3.8, 4) is 0 Å². The van der Waals surface area contributed by atoms with Gasteiger partial charge in [0.2, 0.25) is 0 Å². The first-order valence-corrected chi connectivity index (χ1v) is 5.13. The summed E-state index contributed by atoms with van der Waals surface area (Å²) in [6.07, 6.45) is 8.75. The van der Waals surface area contributed by atoms with E-state index in [0.29, 0.717) is 0 Å². The topological polar surface area (TPSA) is 0 Å². The average Bonchev–Trinajstić information content (AvgIpc) is 2.18. The van der Waals surface area contributed by atoms with E-state index >= 15 is 0 Å². The Balaban J connectivity index is 2.29. The van der Waals surface area contributed by atoms with E-state index in [-0.39, 0.29) is 0 Å². The quantitative estimate of drug-likeness (QED) is 0.620. The molecule has 0 saturated heterocycles. The van der Waals surface area contributed by atoms with Crippen molar-refractivity contribution in [2.75, 3.05) is 0 Å². The molecule has 0 aliphatic rings. The Kier molecular flexibility index (Phi) is 4.77. The SMILES string of the molecule is CC(C)=C/C=C/CCc1ccccc1. The van der Waals surface area contributed by atoms with E-state index in [0.717, 1.165) is 12.8 Å². The van der Waals surface area contributed by atoms with Crippen molar-refractivity contribution in [1.82, 2.24) is 0 Å². The van der Waals surface area contributed by atoms with Gasteiger partial charge in [-0.1, -0.05) is 54.1 Å². The minimum absolute atomic E-state index is 1.12. The fourth-order valence-electron chi connectivity index (χ4n) is 1.25. The van der Waals surface area contributed by atoms with Gasteiger partial charge in [-0.2, -0.15) is 0 Å². The summed E-state index contributed by atoms with van der Waals surface area (Å²) in [6.45, 7) is 4.23. The van der Waals surface area contributed by atoms with E-state index in [4.69, 9.17) is 0 Å². The van der Waals surface area contributed by atoms with Crippen molar-refractivity contribution in [2.24, 2.45) is 0 Å². The molecule has 0 unspecified atom stereocenters. The highest BCUT2D eigenvalue weighted by atomic mass is 13.9. The predicted molar refractivity (Wildman–Crippen MR) is 63.3 cm³/mol. The Morgan fingerprint density at radius 1 is 1.14 bits per heavy atom. The van der Waals surface area contributed by atoms with Gasteiger partial charge in [0.05, 0.1) is 0 Å². The summed E-state index contributed by atoms with van der Waals surface area (Å²) in [4.78, 5) is 0. The predicted octanol–water partition coefficient (Wildman–Crippen LogP) is 4.14. The lowest BCUT2D eigenvalue weighted by Crippen LogP contribution is -1.80. The van der Waals surface area contributed by atoms with Crippen LogP contribution in [0.25, 0.3) is 0 Å². The largest absolute Gasteiger partial charge is 0.0842 e. The van der Waals surface area contributed by atoms with E-state index in [9.17, 15) is 0 Å². The summed E-state index contributed by atoms with van der Waals surface area (Å²) in [5, 5.41) is 0. The van der Waals surface area contributed by atoms with Gasteiger partial charge in [-0.05, 0) is 32.3 Å². The summed E-state index contributed by atoms with van der Waals surface area (Å²) < 4.78 is 0. The summed E-state index contributed by atoms with van der Waals surface area (Å²) in [5.41, 5.74) is 2.76. The maximum absolute atomic E-state index is 2.22. The van der Waals surface area contributed by atoms with Crippen molar-refractivity contribution in [2.45, 2.75) is 26.7 Å². The highest BCUT2D eigenvalue weighted by Gasteiger charge is 1.87. The van der Waals surface area contributed by atoms with Crippen LogP contribution in [0.2, 0.25) is 0 Å². The molecule has 0 aliphatic heterocycles. The number of hydrogen-bond acceptors (Lipinski definition) is 0. The lowest BCUT2D eigenvalue weighted by atomic mass is 10.1. The van der Waals surface area contributed by atoms with Crippen LogP contribution in [-0.4, -0.2) is 0 Å². The molecule has 1 aromatic rings. The van der Waals surface area contributed by atoms with Gasteiger partial charge >= 0.3 is 0 Å². The van der Waals surface area contributed by atoms with Crippen LogP contribution in [-0.2, 0) is 6.42 Å². The van der Waals surface area contributed by atoms with Gasteiger partial charge in [-0.25, -0.2) is 0 Å². The van der Waals surface area contributed by atoms with Gasteiger partial charge in [0.1, 0.15) is 0 Å². The maximum atomic E-state index is 2.22. The highest BCUT2D eigenvalue weighted by molar-refractivity contribution is 5.16. The number of allylic oxidation sites excluding steroid dienone is 4. The fraction of sp³-hybridized carbons (Fsp3) is 0.286. The molecule has 0 heterocycles. The van der Waals surface area contributed by atoms with Crippen molar-refractivity contribution < 1.29 is 0 Å². The second-order valence-electron chi connectivity index (χ2n) is 3.70. The molecule has 0 amide bonds. The zero-order valence-corrected chi connectivity index (χ0v) is 9.03. The van der Waals surface area contributed by atoms with Gasteiger partial charge in [-0.15, -0.1) is 0 Å². The number of hydrogen-bond donors (Lipinski definition) is 0. The lowest BCUT2D eigenvalue weighted by molar-refractivity contribution is 1.00. The Morgan fingerprint density at radius 3 is 2.50 bits per heavy atom. The van der Waals surface area contributed by atoms with E-state index < -0.39 is 0 Å². The molecule has 0 N–H and O–H groups in total. The first kappa shape index (κ1) is 10.8. The number of rotatable bonds is 4. The first-order chi connectivity index (χ1) is 6.79. The zero-order valence-electron chi connectivity index (χ0n) is 9.03. The fourth-order valence-corrected chi connectivity index (χ4v) is 1.25. The monoisotopic (exact) mass is 186 g/mol. The lowest BCUT2D eigenvalue weighted by Gasteiger charge is -1.95. The van der Waals surface area contributed by atoms with Crippen LogP contribution in [0.1, 0.15) is 25.8 Å². The van der Waals surface area contributed by atoms with Crippen molar-refractivity contribution >= 4 is 0 Å². The van der Waals surface area contributed by atoms with Gasteiger partial charge in [0.15, 0.2) is 0 Å². The van der Waals surface area contributed by atoms with Crippen molar-refractivity contribution in [3.63, 3.8) is 0 Å². The van der Waals surface area contributed by atoms with Crippen LogP contribution in [0.15, 0.2) is 54.1 Å². The minimum Gasteiger partial charge on any atom is -0.0842 e. The molecular weight excluding hydrogens is 168 g/mol. The Morgan fingerprint density at radius 2 is 1.86 bits per heavy atom. The number of benzene rings is 1. The molecule has 1 aromatic carbocycles. The molecule has 0 nitrogen and oxygen atoms in total. The van der Waals surface area contributed by atoms with E-state index in [1.54, 1.807) is 0 Å². The van der Waals surface area contributed by atoms with Crippen molar-refractivity contribution in [3.05, 3.63) is 59.7 Å². The minimum atomic E-state index is 1.12. The standard InChI is InChI=1S/C14H18/c1-13(2)9-5-3-6-10-14-11-7-4-8-12-14/h3-5,7-9,11-12H,6,10H2,1-2H3/b5-3+. The van der Waals surface area contributed by atoms with E-state index in [2.05, 4.69) is 62.4 Å². The summed E-state index contributed by atoms with van der Waals surface area (Å²) in [7, 11) is 0. The summed E-state index contributed by atoms with van der Waals surface area (Å²) in [6, 6.07) is 10.6. The van der Waals surface area contributed by atoms with Gasteiger partial charge in [0, 0.05) is 0 Å². The first-order valence-electron chi connectivity index (χ1n) is 5.13. The molecule has 0 fully saturated rings. The van der Waals surface area contributed by atoms with Crippen LogP contribution in [0.4, 0.5) is 0 Å². The smallest absolute Gasteiger partial charge is 0.0244 e. The Hall–Kier alpha value is -1.30. The molecule has 0 aromatic heterocycles. The third-order valence-electron chi connectivity index (χ3n) is 2.01. The van der Waals surface area contributed by atoms with Crippen LogP contribution in [0.3, 0.4) is 0 Å². The van der Waals surface area contributed by atoms with Crippen LogP contribution >= 0.6 is 0 Å². The third kappa shape index (κ3) is 4.66. The second kappa shape index (κ2) is 6.20. The number of aryl methyl sites for hydroxylation is 1. The van der Waals surface area contributed by atoms with E-state index in [1.165, 1.54) is 11.1 Å². The molecule has 0 atom stereocenters. The van der Waals surface area contributed by atoms with E-state index in [1.807, 2.05) is 0 Å². The molecule has 0 spiro atoms. The van der Waals surface area contributed by atoms with Crippen LogP contribution in [0, 0.1) is 0 Å². The Bertz CT molecular complexity index is 300. The van der Waals surface area contributed by atoms with Gasteiger partial charge < -0.3 is 0 Å². The van der Waals surface area contributed by atoms with Crippen LogP contribution < -0.4 is 0 Å². The second-order valence-corrected chi connectivity index (χ2v) is 3.70. The molecule has 0 bridgehead atoms. The van der Waals surface area contributed by atoms with Crippen molar-refractivity contribution in [1.29, 1.82) is 0 Å². The molecule has 0 aliphatic carbocycles. The third-order valence-corrected chi connectivity index (χ3v) is 2.01. The highest BCUT2D eigenvalue weighted by Crippen LogP contribution is 2.02. The summed E-state index contributed by atoms with van der Waals surface area (Å²) >= 11 is 0. The molecular formula is C14H18. The maximum Gasteiger partial charge on any atom is -0.0244 e. The van der Waals surface area contributed by atoms with Gasteiger partial charge in [-0.3, -0.25) is 0 Å². The molecule has 14 heavy (non-hydrogen) atoms. The Labute approximate surface area is 87.0 Å². The molecule has 0 heteroatoms.